The molecule has 10 heteroatoms. The summed E-state index contributed by atoms with van der Waals surface area (Å²) in [6.45, 7) is 2.88. The van der Waals surface area contributed by atoms with Gasteiger partial charge in [-0.2, -0.15) is 0 Å². The third-order valence-electron chi connectivity index (χ3n) is 7.03. The highest BCUT2D eigenvalue weighted by molar-refractivity contribution is 6.05. The lowest BCUT2D eigenvalue weighted by atomic mass is 9.90. The highest BCUT2D eigenvalue weighted by Crippen LogP contribution is 2.39. The molecule has 4 saturated heterocycles. The number of rotatable bonds is 5. The SMILES string of the molecule is CC(C(=O)N1[C@@H]2CC[C@H]1CC(CNC(=O)C1OCCN(C)C1=O)C2)N1C(=O)CCC1=O. The Labute approximate surface area is 181 Å². The Morgan fingerprint density at radius 2 is 1.71 bits per heavy atom. The van der Waals surface area contributed by atoms with E-state index >= 15 is 0 Å². The summed E-state index contributed by atoms with van der Waals surface area (Å²) >= 11 is 0. The van der Waals surface area contributed by atoms with E-state index in [2.05, 4.69) is 5.32 Å². The van der Waals surface area contributed by atoms with E-state index in [1.54, 1.807) is 14.0 Å². The first-order valence-corrected chi connectivity index (χ1v) is 11.1. The molecule has 3 unspecified atom stereocenters. The van der Waals surface area contributed by atoms with Crippen LogP contribution in [0.2, 0.25) is 0 Å². The van der Waals surface area contributed by atoms with Gasteiger partial charge in [-0.1, -0.05) is 0 Å². The van der Waals surface area contributed by atoms with Crippen molar-refractivity contribution >= 4 is 29.5 Å². The second kappa shape index (κ2) is 8.57. The van der Waals surface area contributed by atoms with E-state index in [0.717, 1.165) is 30.6 Å². The summed E-state index contributed by atoms with van der Waals surface area (Å²) in [5.41, 5.74) is 0. The largest absolute Gasteiger partial charge is 0.357 e. The minimum absolute atomic E-state index is 0.0436. The smallest absolute Gasteiger partial charge is 0.261 e. The molecule has 0 aromatic heterocycles. The van der Waals surface area contributed by atoms with Gasteiger partial charge in [-0.15, -0.1) is 0 Å². The van der Waals surface area contributed by atoms with Crippen LogP contribution in [0.5, 0.6) is 0 Å². The molecule has 1 N–H and O–H groups in total. The Kier molecular flexibility index (Phi) is 6.00. The summed E-state index contributed by atoms with van der Waals surface area (Å²) in [5.74, 6) is -1.26. The molecular weight excluding hydrogens is 404 g/mol. The predicted octanol–water partition coefficient (Wildman–Crippen LogP) is -0.733. The third-order valence-corrected chi connectivity index (χ3v) is 7.03. The van der Waals surface area contributed by atoms with Crippen molar-refractivity contribution in [3.8, 4) is 0 Å². The van der Waals surface area contributed by atoms with E-state index in [4.69, 9.17) is 4.74 Å². The maximum Gasteiger partial charge on any atom is 0.261 e. The zero-order valence-electron chi connectivity index (χ0n) is 18.0. The second-order valence-electron chi connectivity index (χ2n) is 9.06. The van der Waals surface area contributed by atoms with Crippen LogP contribution in [0.1, 0.15) is 45.4 Å². The molecule has 4 fully saturated rings. The molecule has 0 radical (unpaired) electrons. The predicted molar refractivity (Wildman–Crippen MR) is 107 cm³/mol. The van der Waals surface area contributed by atoms with Crippen LogP contribution < -0.4 is 5.32 Å². The molecule has 2 bridgehead atoms. The summed E-state index contributed by atoms with van der Waals surface area (Å²) in [7, 11) is 1.65. The average Bonchev–Trinajstić information content (AvgIpc) is 3.21. The molecular formula is C21H30N4O6. The number of carbonyl (C=O) groups excluding carboxylic acids is 5. The lowest BCUT2D eigenvalue weighted by molar-refractivity contribution is -0.159. The minimum Gasteiger partial charge on any atom is -0.357 e. The first-order valence-electron chi connectivity index (χ1n) is 11.1. The van der Waals surface area contributed by atoms with E-state index in [1.807, 2.05) is 4.90 Å². The number of likely N-dealkylation sites (tertiary alicyclic amines) is 1. The number of imide groups is 1. The van der Waals surface area contributed by atoms with Crippen LogP contribution in [0, 0.1) is 5.92 Å². The highest BCUT2D eigenvalue weighted by atomic mass is 16.5. The molecule has 4 aliphatic heterocycles. The van der Waals surface area contributed by atoms with Crippen molar-refractivity contribution in [2.75, 3.05) is 26.7 Å². The molecule has 0 spiro atoms. The van der Waals surface area contributed by atoms with Gasteiger partial charge in [0, 0.05) is 45.1 Å². The van der Waals surface area contributed by atoms with Crippen molar-refractivity contribution in [2.24, 2.45) is 5.92 Å². The number of ether oxygens (including phenoxy) is 1. The Bertz CT molecular complexity index is 771. The number of likely N-dealkylation sites (N-methyl/N-ethyl adjacent to an activating group) is 1. The lowest BCUT2D eigenvalue weighted by Gasteiger charge is -2.41. The van der Waals surface area contributed by atoms with E-state index in [0.29, 0.717) is 19.7 Å². The third kappa shape index (κ3) is 4.05. The summed E-state index contributed by atoms with van der Waals surface area (Å²) in [6, 6.07) is -0.683. The molecule has 4 heterocycles. The number of piperidine rings is 1. The van der Waals surface area contributed by atoms with Gasteiger partial charge in [0.2, 0.25) is 23.8 Å². The number of nitrogens with zero attached hydrogens (tertiary/aromatic N) is 3. The van der Waals surface area contributed by atoms with Crippen LogP contribution >= 0.6 is 0 Å². The summed E-state index contributed by atoms with van der Waals surface area (Å²) in [4.78, 5) is 66.2. The van der Waals surface area contributed by atoms with Crippen LogP contribution in [-0.4, -0.2) is 95.2 Å². The molecule has 170 valence electrons. The van der Waals surface area contributed by atoms with Crippen molar-refractivity contribution < 1.29 is 28.7 Å². The molecule has 0 aliphatic carbocycles. The molecule has 0 aromatic rings. The molecule has 5 amide bonds. The van der Waals surface area contributed by atoms with Crippen molar-refractivity contribution in [1.82, 2.24) is 20.0 Å². The van der Waals surface area contributed by atoms with Gasteiger partial charge in [-0.05, 0) is 38.5 Å². The Morgan fingerprint density at radius 3 is 2.32 bits per heavy atom. The highest BCUT2D eigenvalue weighted by Gasteiger charge is 2.47. The van der Waals surface area contributed by atoms with Gasteiger partial charge in [0.15, 0.2) is 0 Å². The van der Waals surface area contributed by atoms with Crippen molar-refractivity contribution in [2.45, 2.75) is 69.7 Å². The number of hydrogen-bond acceptors (Lipinski definition) is 6. The molecule has 10 nitrogen and oxygen atoms in total. The van der Waals surface area contributed by atoms with Gasteiger partial charge in [0.25, 0.3) is 11.8 Å². The fourth-order valence-electron chi connectivity index (χ4n) is 5.38. The summed E-state index contributed by atoms with van der Waals surface area (Å²) < 4.78 is 5.34. The van der Waals surface area contributed by atoms with E-state index < -0.39 is 18.1 Å². The van der Waals surface area contributed by atoms with E-state index in [1.165, 1.54) is 4.90 Å². The maximum atomic E-state index is 13.1. The zero-order valence-corrected chi connectivity index (χ0v) is 18.0. The number of amides is 5. The Balaban J connectivity index is 1.32. The standard InChI is InChI=1S/C21H30N4O6/c1-12(24-16(26)5-6-17(24)27)20(29)25-14-3-4-15(25)10-13(9-14)11-22-19(28)18-21(30)23(2)7-8-31-18/h12-15,18H,3-11H2,1-2H3,(H,22,28)/t12?,13?,14-,15+,18?. The number of hydrogen-bond donors (Lipinski definition) is 1. The number of morpholine rings is 1. The van der Waals surface area contributed by atoms with Gasteiger partial charge in [-0.25, -0.2) is 0 Å². The van der Waals surface area contributed by atoms with Crippen LogP contribution in [0.15, 0.2) is 0 Å². The molecule has 0 aromatic carbocycles. The lowest BCUT2D eigenvalue weighted by Crippen LogP contribution is -2.56. The molecule has 5 atom stereocenters. The van der Waals surface area contributed by atoms with E-state index in [-0.39, 0.29) is 54.5 Å². The van der Waals surface area contributed by atoms with Gasteiger partial charge in [0.05, 0.1) is 6.61 Å². The van der Waals surface area contributed by atoms with Crippen LogP contribution in [0.3, 0.4) is 0 Å². The van der Waals surface area contributed by atoms with Gasteiger partial charge < -0.3 is 19.9 Å². The van der Waals surface area contributed by atoms with Crippen molar-refractivity contribution in [1.29, 1.82) is 0 Å². The van der Waals surface area contributed by atoms with Crippen molar-refractivity contribution in [3.05, 3.63) is 0 Å². The van der Waals surface area contributed by atoms with Gasteiger partial charge >= 0.3 is 0 Å². The number of fused-ring (bicyclic) bond motifs is 2. The Morgan fingerprint density at radius 1 is 1.10 bits per heavy atom. The summed E-state index contributed by atoms with van der Waals surface area (Å²) in [6.07, 6.45) is 2.51. The normalized spacial score (nSPS) is 31.9. The number of carbonyl (C=O) groups is 5. The zero-order chi connectivity index (χ0) is 22.3. The molecule has 31 heavy (non-hydrogen) atoms. The fraction of sp³-hybridized carbons (Fsp3) is 0.762. The molecule has 4 rings (SSSR count). The topological polar surface area (TPSA) is 116 Å². The maximum absolute atomic E-state index is 13.1. The van der Waals surface area contributed by atoms with Crippen LogP contribution in [-0.2, 0) is 28.7 Å². The van der Waals surface area contributed by atoms with Crippen molar-refractivity contribution in [3.63, 3.8) is 0 Å². The quantitative estimate of drug-likeness (QED) is 0.450. The Hall–Kier alpha value is -2.49. The fourth-order valence-corrected chi connectivity index (χ4v) is 5.38. The monoisotopic (exact) mass is 434 g/mol. The van der Waals surface area contributed by atoms with Crippen LogP contribution in [0.4, 0.5) is 0 Å². The molecule has 0 saturated carbocycles. The van der Waals surface area contributed by atoms with Crippen LogP contribution in [0.25, 0.3) is 0 Å². The number of nitrogens with one attached hydrogen (secondary N) is 1. The van der Waals surface area contributed by atoms with Gasteiger partial charge in [-0.3, -0.25) is 28.9 Å². The van der Waals surface area contributed by atoms with Gasteiger partial charge in [0.1, 0.15) is 6.04 Å². The summed E-state index contributed by atoms with van der Waals surface area (Å²) in [5, 5.41) is 2.85. The average molecular weight is 434 g/mol. The first-order chi connectivity index (χ1) is 14.8. The molecule has 4 aliphatic rings. The van der Waals surface area contributed by atoms with E-state index in [9.17, 15) is 24.0 Å². The first kappa shape index (κ1) is 21.7. The minimum atomic E-state index is -1.09. The second-order valence-corrected chi connectivity index (χ2v) is 9.06.